The van der Waals surface area contributed by atoms with Crippen LogP contribution in [-0.4, -0.2) is 19.8 Å². The molecule has 0 amide bonds. The Kier molecular flexibility index (Phi) is 13.1. The number of benzene rings is 3. The van der Waals surface area contributed by atoms with Gasteiger partial charge < -0.3 is 9.47 Å². The van der Waals surface area contributed by atoms with Crippen molar-refractivity contribution < 1.29 is 18.3 Å². The Morgan fingerprint density at radius 3 is 1.98 bits per heavy atom. The van der Waals surface area contributed by atoms with Crippen LogP contribution in [0.15, 0.2) is 60.7 Å². The van der Waals surface area contributed by atoms with Gasteiger partial charge in [0.25, 0.3) is 0 Å². The fourth-order valence-electron chi connectivity index (χ4n) is 4.84. The lowest BCUT2D eigenvalue weighted by Crippen LogP contribution is -2.15. The molecule has 40 heavy (non-hydrogen) atoms. The molecule has 2 nitrogen and oxygen atoms in total. The molecule has 0 saturated carbocycles. The number of hydrogen-bond donors (Lipinski definition) is 0. The van der Waals surface area contributed by atoms with Crippen LogP contribution >= 0.6 is 0 Å². The molecule has 0 radical (unpaired) electrons. The third-order valence-electron chi connectivity index (χ3n) is 7.08. The lowest BCUT2D eigenvalue weighted by Gasteiger charge is -2.17. The summed E-state index contributed by atoms with van der Waals surface area (Å²) < 4.78 is 42.0. The van der Waals surface area contributed by atoms with Crippen molar-refractivity contribution in [2.24, 2.45) is 5.41 Å². The molecule has 218 valence electrons. The first-order chi connectivity index (χ1) is 19.3. The molecule has 0 saturated heterocycles. The number of rotatable bonds is 17. The summed E-state index contributed by atoms with van der Waals surface area (Å²) in [5.41, 5.74) is 3.44. The van der Waals surface area contributed by atoms with Crippen molar-refractivity contribution in [3.05, 3.63) is 77.9 Å². The van der Waals surface area contributed by atoms with Crippen LogP contribution in [0.4, 0.5) is 8.78 Å². The largest absolute Gasteiger partial charge is 0.494 e. The van der Waals surface area contributed by atoms with E-state index in [1.807, 2.05) is 48.5 Å². The highest BCUT2D eigenvalue weighted by Gasteiger charge is 2.17. The van der Waals surface area contributed by atoms with Gasteiger partial charge in [0, 0.05) is 12.2 Å². The van der Waals surface area contributed by atoms with Crippen LogP contribution < -0.4 is 4.74 Å². The van der Waals surface area contributed by atoms with Gasteiger partial charge in [0.15, 0.2) is 11.6 Å². The minimum absolute atomic E-state index is 0.188. The maximum Gasteiger partial charge on any atom is 0.166 e. The van der Waals surface area contributed by atoms with Crippen LogP contribution in [0.5, 0.6) is 5.75 Å². The molecule has 0 fully saturated rings. The Balaban J connectivity index is 1.58. The van der Waals surface area contributed by atoms with Gasteiger partial charge in [-0.3, -0.25) is 0 Å². The minimum atomic E-state index is -0.765. The van der Waals surface area contributed by atoms with Crippen LogP contribution in [0.3, 0.4) is 0 Å². The maximum atomic E-state index is 15.3. The van der Waals surface area contributed by atoms with Gasteiger partial charge in [0.05, 0.1) is 13.2 Å². The molecule has 3 aromatic carbocycles. The van der Waals surface area contributed by atoms with Gasteiger partial charge in [-0.05, 0) is 65.5 Å². The number of unbranched alkanes of at least 4 members (excludes halogenated alkanes) is 7. The summed E-state index contributed by atoms with van der Waals surface area (Å²) in [4.78, 5) is 0. The normalized spacial score (nSPS) is 11.7. The molecule has 0 aliphatic rings. The monoisotopic (exact) mass is 550 g/mol. The lowest BCUT2D eigenvalue weighted by molar-refractivity contribution is 0.0671. The number of aryl methyl sites for hydroxylation is 1. The van der Waals surface area contributed by atoms with Crippen molar-refractivity contribution in [1.29, 1.82) is 0 Å². The van der Waals surface area contributed by atoms with E-state index in [0.29, 0.717) is 29.7 Å². The molecule has 0 N–H and O–H groups in total. The smallest absolute Gasteiger partial charge is 0.166 e. The molecule has 0 atom stereocenters. The van der Waals surface area contributed by atoms with Crippen molar-refractivity contribution in [2.75, 3.05) is 19.8 Å². The SMILES string of the molecule is CCCCCCCCCc1ccc(-c2ccccc2-c2ccc(OCCCCOCC(C)(C)C)cc2)c(F)c1F. The van der Waals surface area contributed by atoms with Gasteiger partial charge >= 0.3 is 0 Å². The van der Waals surface area contributed by atoms with Gasteiger partial charge in [0.2, 0.25) is 0 Å². The predicted octanol–water partition coefficient (Wildman–Crippen LogP) is 10.8. The van der Waals surface area contributed by atoms with Gasteiger partial charge in [-0.25, -0.2) is 8.78 Å². The highest BCUT2D eigenvalue weighted by Crippen LogP contribution is 2.35. The van der Waals surface area contributed by atoms with Crippen LogP contribution in [-0.2, 0) is 11.2 Å². The number of halogens is 2. The Labute approximate surface area is 241 Å². The van der Waals surface area contributed by atoms with Crippen molar-refractivity contribution in [2.45, 2.75) is 91.9 Å². The fraction of sp³-hybridized carbons (Fsp3) is 0.500. The second-order valence-electron chi connectivity index (χ2n) is 12.0. The highest BCUT2D eigenvalue weighted by atomic mass is 19.2. The predicted molar refractivity (Wildman–Crippen MR) is 164 cm³/mol. The van der Waals surface area contributed by atoms with E-state index < -0.39 is 11.6 Å². The molecule has 0 bridgehead atoms. The summed E-state index contributed by atoms with van der Waals surface area (Å²) in [6.45, 7) is 10.8. The van der Waals surface area contributed by atoms with Gasteiger partial charge in [-0.2, -0.15) is 0 Å². The fourth-order valence-corrected chi connectivity index (χ4v) is 4.84. The van der Waals surface area contributed by atoms with E-state index >= 15 is 8.78 Å². The summed E-state index contributed by atoms with van der Waals surface area (Å²) in [6, 6.07) is 18.9. The molecule has 0 aromatic heterocycles. The van der Waals surface area contributed by atoms with E-state index in [1.165, 1.54) is 25.7 Å². The molecule has 3 rings (SSSR count). The summed E-state index contributed by atoms with van der Waals surface area (Å²) >= 11 is 0. The molecular formula is C36H48F2O2. The summed E-state index contributed by atoms with van der Waals surface area (Å²) in [5, 5.41) is 0. The Bertz CT molecular complexity index is 1150. The first-order valence-electron chi connectivity index (χ1n) is 15.2. The molecule has 0 spiro atoms. The van der Waals surface area contributed by atoms with Crippen LogP contribution in [0.1, 0.15) is 91.0 Å². The van der Waals surface area contributed by atoms with Gasteiger partial charge in [0.1, 0.15) is 5.75 Å². The van der Waals surface area contributed by atoms with Crippen LogP contribution in [0.25, 0.3) is 22.3 Å². The third-order valence-corrected chi connectivity index (χ3v) is 7.08. The zero-order valence-corrected chi connectivity index (χ0v) is 25.0. The first-order valence-corrected chi connectivity index (χ1v) is 15.2. The van der Waals surface area contributed by atoms with Crippen molar-refractivity contribution in [1.82, 2.24) is 0 Å². The number of hydrogen-bond acceptors (Lipinski definition) is 2. The molecule has 0 aliphatic carbocycles. The molecule has 0 heterocycles. The summed E-state index contributed by atoms with van der Waals surface area (Å²) in [5.74, 6) is -0.686. The zero-order valence-electron chi connectivity index (χ0n) is 25.0. The van der Waals surface area contributed by atoms with Gasteiger partial charge in [-0.1, -0.05) is 115 Å². The average molecular weight is 551 g/mol. The van der Waals surface area contributed by atoms with Gasteiger partial charge in [-0.15, -0.1) is 0 Å². The van der Waals surface area contributed by atoms with E-state index in [2.05, 4.69) is 27.7 Å². The molecule has 4 heteroatoms. The Hall–Kier alpha value is -2.72. The highest BCUT2D eigenvalue weighted by molar-refractivity contribution is 5.84. The standard InChI is InChI=1S/C36H48F2O2/c1-5-6-7-8-9-10-11-16-29-21-24-33(35(38)34(29)37)32-18-13-12-17-31(32)28-19-22-30(23-20-28)40-26-15-14-25-39-27-36(2,3)4/h12-13,17-24H,5-11,14-16,25-27H2,1-4H3. The second kappa shape index (κ2) is 16.5. The first kappa shape index (κ1) is 31.8. The lowest BCUT2D eigenvalue weighted by atomic mass is 9.93. The van der Waals surface area contributed by atoms with Crippen molar-refractivity contribution in [3.63, 3.8) is 0 Å². The molecule has 0 aliphatic heterocycles. The average Bonchev–Trinajstić information content (AvgIpc) is 2.94. The third kappa shape index (κ3) is 10.4. The summed E-state index contributed by atoms with van der Waals surface area (Å²) in [7, 11) is 0. The van der Waals surface area contributed by atoms with E-state index in [0.717, 1.165) is 62.2 Å². The van der Waals surface area contributed by atoms with E-state index in [4.69, 9.17) is 9.47 Å². The molecule has 0 unspecified atom stereocenters. The van der Waals surface area contributed by atoms with Crippen molar-refractivity contribution >= 4 is 0 Å². The maximum absolute atomic E-state index is 15.3. The van der Waals surface area contributed by atoms with Crippen molar-refractivity contribution in [3.8, 4) is 28.0 Å². The molecule has 3 aromatic rings. The zero-order chi connectivity index (χ0) is 28.8. The quantitative estimate of drug-likeness (QED) is 0.156. The van der Waals surface area contributed by atoms with Crippen LogP contribution in [0.2, 0.25) is 0 Å². The van der Waals surface area contributed by atoms with Crippen LogP contribution in [0, 0.1) is 17.0 Å². The van der Waals surface area contributed by atoms with E-state index in [9.17, 15) is 0 Å². The Morgan fingerprint density at radius 1 is 0.625 bits per heavy atom. The minimum Gasteiger partial charge on any atom is -0.494 e. The van der Waals surface area contributed by atoms with E-state index in [1.54, 1.807) is 12.1 Å². The topological polar surface area (TPSA) is 18.5 Å². The Morgan fingerprint density at radius 2 is 1.27 bits per heavy atom. The van der Waals surface area contributed by atoms with E-state index in [-0.39, 0.29) is 5.41 Å². The number of ether oxygens (including phenoxy) is 2. The summed E-state index contributed by atoms with van der Waals surface area (Å²) in [6.07, 6.45) is 10.5. The second-order valence-corrected chi connectivity index (χ2v) is 12.0. The molecular weight excluding hydrogens is 502 g/mol.